The largest absolute Gasteiger partial charge is 0.300 e. The van der Waals surface area contributed by atoms with E-state index in [-0.39, 0.29) is 5.91 Å². The van der Waals surface area contributed by atoms with Crippen molar-refractivity contribution in [1.29, 1.82) is 0 Å². The predicted molar refractivity (Wildman–Crippen MR) is 111 cm³/mol. The van der Waals surface area contributed by atoms with Gasteiger partial charge in [0.25, 0.3) is 5.91 Å². The second-order valence-electron chi connectivity index (χ2n) is 5.67. The lowest BCUT2D eigenvalue weighted by Gasteiger charge is -2.02. The molecule has 0 unspecified atom stereocenters. The molecule has 1 amide bonds. The molecule has 2 aliphatic rings. The lowest BCUT2D eigenvalue weighted by molar-refractivity contribution is -0.115. The van der Waals surface area contributed by atoms with Crippen LogP contribution in [0.25, 0.3) is 17.1 Å². The van der Waals surface area contributed by atoms with Gasteiger partial charge in [-0.3, -0.25) is 14.8 Å². The molecule has 1 saturated heterocycles. The normalized spacial score (nSPS) is 20.4. The second-order valence-corrected chi connectivity index (χ2v) is 7.52. The number of hydrogen-bond donors (Lipinski definition) is 1. The van der Waals surface area contributed by atoms with Crippen LogP contribution in [0.4, 0.5) is 0 Å². The maximum atomic E-state index is 12.3. The Bertz CT molecular complexity index is 1100. The molecule has 0 saturated carbocycles. The Balaban J connectivity index is 1.63. The fourth-order valence-electron chi connectivity index (χ4n) is 2.54. The van der Waals surface area contributed by atoms with Gasteiger partial charge >= 0.3 is 0 Å². The zero-order chi connectivity index (χ0) is 18.8. The van der Waals surface area contributed by atoms with Gasteiger partial charge in [-0.25, -0.2) is 4.99 Å². The van der Waals surface area contributed by atoms with E-state index < -0.39 is 0 Å². The number of hydrogen-bond acceptors (Lipinski definition) is 5. The van der Waals surface area contributed by atoms with Gasteiger partial charge in [0.1, 0.15) is 5.70 Å². The second kappa shape index (κ2) is 7.68. The van der Waals surface area contributed by atoms with Crippen LogP contribution in [-0.2, 0) is 4.79 Å². The molecular formula is C19H12Cl2N4OS. The van der Waals surface area contributed by atoms with E-state index in [4.69, 9.17) is 23.2 Å². The van der Waals surface area contributed by atoms with Gasteiger partial charge in [-0.2, -0.15) is 0 Å². The Labute approximate surface area is 169 Å². The standard InChI is InChI=1S/C19H12Cl2N4OS/c20-12-3-1-2-4-13(21)17(12)24-19-25-18(26)16(27-19)10-11-5-6-14-15(9-11)23-8-7-22-14/h1,3-10H,2H2,(H,24,25,26)/b16-10-. The van der Waals surface area contributed by atoms with Crippen LogP contribution in [0.1, 0.15) is 12.0 Å². The van der Waals surface area contributed by atoms with Crippen LogP contribution < -0.4 is 5.32 Å². The summed E-state index contributed by atoms with van der Waals surface area (Å²) < 4.78 is 0. The van der Waals surface area contributed by atoms with E-state index in [0.717, 1.165) is 16.6 Å². The minimum absolute atomic E-state index is 0.223. The minimum atomic E-state index is -0.223. The highest BCUT2D eigenvalue weighted by molar-refractivity contribution is 8.18. The fourth-order valence-corrected chi connectivity index (χ4v) is 3.89. The molecule has 0 radical (unpaired) electrons. The molecule has 2 heterocycles. The van der Waals surface area contributed by atoms with Gasteiger partial charge in [-0.15, -0.1) is 0 Å². The monoisotopic (exact) mass is 414 g/mol. The van der Waals surface area contributed by atoms with Crippen molar-refractivity contribution in [2.75, 3.05) is 0 Å². The lowest BCUT2D eigenvalue weighted by atomic mass is 10.2. The number of halogens is 2. The van der Waals surface area contributed by atoms with E-state index >= 15 is 0 Å². The zero-order valence-electron chi connectivity index (χ0n) is 13.8. The number of carbonyl (C=O) groups is 1. The van der Waals surface area contributed by atoms with Gasteiger partial charge in [0.05, 0.1) is 26.0 Å². The highest BCUT2D eigenvalue weighted by Crippen LogP contribution is 2.31. The summed E-state index contributed by atoms with van der Waals surface area (Å²) in [5.74, 6) is -0.223. The van der Waals surface area contributed by atoms with Crippen LogP contribution in [0.5, 0.6) is 0 Å². The molecule has 1 aromatic carbocycles. The third-order valence-corrected chi connectivity index (χ3v) is 5.35. The van der Waals surface area contributed by atoms with Crippen molar-refractivity contribution >= 4 is 63.1 Å². The number of amides is 1. The molecule has 27 heavy (non-hydrogen) atoms. The number of amidine groups is 1. The van der Waals surface area contributed by atoms with Crippen molar-refractivity contribution in [3.05, 3.63) is 75.1 Å². The van der Waals surface area contributed by atoms with Gasteiger partial charge in [-0.05, 0) is 48.0 Å². The molecule has 2 aromatic rings. The lowest BCUT2D eigenvalue weighted by Crippen LogP contribution is -2.19. The van der Waals surface area contributed by atoms with E-state index in [1.54, 1.807) is 24.5 Å². The van der Waals surface area contributed by atoms with Crippen molar-refractivity contribution in [2.45, 2.75) is 6.42 Å². The van der Waals surface area contributed by atoms with Gasteiger partial charge < -0.3 is 5.32 Å². The van der Waals surface area contributed by atoms with Crippen molar-refractivity contribution in [1.82, 2.24) is 15.3 Å². The van der Waals surface area contributed by atoms with E-state index in [1.165, 1.54) is 11.8 Å². The Hall–Kier alpha value is -2.41. The van der Waals surface area contributed by atoms with Crippen molar-refractivity contribution < 1.29 is 4.79 Å². The van der Waals surface area contributed by atoms with E-state index in [9.17, 15) is 4.79 Å². The van der Waals surface area contributed by atoms with Crippen LogP contribution in [0, 0.1) is 0 Å². The van der Waals surface area contributed by atoms with E-state index in [2.05, 4.69) is 20.3 Å². The van der Waals surface area contributed by atoms with Crippen molar-refractivity contribution in [3.8, 4) is 0 Å². The smallest absolute Gasteiger partial charge is 0.264 e. The molecule has 4 rings (SSSR count). The molecule has 0 atom stereocenters. The SMILES string of the molecule is O=C1NC(=NC2=C(Cl)C=CCC=C2Cl)S/C1=C\c1ccc2nccnc2c1. The summed E-state index contributed by atoms with van der Waals surface area (Å²) in [6.07, 6.45) is 11.2. The molecule has 0 bridgehead atoms. The molecular weight excluding hydrogens is 403 g/mol. The van der Waals surface area contributed by atoms with Gasteiger partial charge in [-0.1, -0.05) is 41.4 Å². The maximum Gasteiger partial charge on any atom is 0.264 e. The Morgan fingerprint density at radius 3 is 2.85 bits per heavy atom. The molecule has 5 nitrogen and oxygen atoms in total. The van der Waals surface area contributed by atoms with Crippen LogP contribution in [-0.4, -0.2) is 21.0 Å². The summed E-state index contributed by atoms with van der Waals surface area (Å²) in [6, 6.07) is 5.64. The van der Waals surface area contributed by atoms with Gasteiger partial charge in [0.2, 0.25) is 0 Å². The summed E-state index contributed by atoms with van der Waals surface area (Å²) >= 11 is 13.7. The molecule has 1 fully saturated rings. The summed E-state index contributed by atoms with van der Waals surface area (Å²) in [5.41, 5.74) is 2.87. The number of nitrogens with one attached hydrogen (secondary N) is 1. The Morgan fingerprint density at radius 1 is 1.19 bits per heavy atom. The number of nitrogens with zero attached hydrogens (tertiary/aromatic N) is 3. The molecule has 8 heteroatoms. The number of allylic oxidation sites excluding steroid dienone is 5. The summed E-state index contributed by atoms with van der Waals surface area (Å²) in [6.45, 7) is 0. The van der Waals surface area contributed by atoms with Gasteiger partial charge in [0, 0.05) is 12.4 Å². The minimum Gasteiger partial charge on any atom is -0.300 e. The molecule has 1 N–H and O–H groups in total. The highest BCUT2D eigenvalue weighted by Gasteiger charge is 2.25. The first-order valence-corrected chi connectivity index (χ1v) is 9.60. The molecule has 1 aliphatic carbocycles. The Kier molecular flexibility index (Phi) is 5.11. The average molecular weight is 415 g/mol. The number of fused-ring (bicyclic) bond motifs is 1. The van der Waals surface area contributed by atoms with E-state index in [1.807, 2.05) is 30.4 Å². The summed E-state index contributed by atoms with van der Waals surface area (Å²) in [4.78, 5) is 25.8. The quantitative estimate of drug-likeness (QED) is 0.721. The first kappa shape index (κ1) is 18.0. The summed E-state index contributed by atoms with van der Waals surface area (Å²) in [7, 11) is 0. The predicted octanol–water partition coefficient (Wildman–Crippen LogP) is 4.72. The number of aliphatic imine (C=N–C) groups is 1. The molecule has 1 aliphatic heterocycles. The zero-order valence-corrected chi connectivity index (χ0v) is 16.1. The maximum absolute atomic E-state index is 12.3. The van der Waals surface area contributed by atoms with E-state index in [0.29, 0.717) is 32.3 Å². The Morgan fingerprint density at radius 2 is 2.00 bits per heavy atom. The number of aromatic nitrogens is 2. The van der Waals surface area contributed by atoms with Crippen molar-refractivity contribution in [3.63, 3.8) is 0 Å². The van der Waals surface area contributed by atoms with Crippen LogP contribution in [0.2, 0.25) is 0 Å². The summed E-state index contributed by atoms with van der Waals surface area (Å²) in [5, 5.41) is 4.07. The molecule has 1 aromatic heterocycles. The number of benzene rings is 1. The number of thioether (sulfide) groups is 1. The highest BCUT2D eigenvalue weighted by atomic mass is 35.5. The topological polar surface area (TPSA) is 67.2 Å². The van der Waals surface area contributed by atoms with Crippen LogP contribution in [0.15, 0.2) is 74.5 Å². The third kappa shape index (κ3) is 3.98. The number of carbonyl (C=O) groups excluding carboxylic acids is 1. The third-order valence-electron chi connectivity index (χ3n) is 3.81. The average Bonchev–Trinajstić information content (AvgIpc) is 2.93. The van der Waals surface area contributed by atoms with Gasteiger partial charge in [0.15, 0.2) is 5.17 Å². The molecule has 0 spiro atoms. The first-order valence-electron chi connectivity index (χ1n) is 8.03. The van der Waals surface area contributed by atoms with Crippen LogP contribution in [0.3, 0.4) is 0 Å². The van der Waals surface area contributed by atoms with Crippen molar-refractivity contribution in [2.24, 2.45) is 4.99 Å². The van der Waals surface area contributed by atoms with Crippen LogP contribution >= 0.6 is 35.0 Å². The fraction of sp³-hybridized carbons (Fsp3) is 0.0526. The molecule has 134 valence electrons. The first-order chi connectivity index (χ1) is 13.1. The number of rotatable bonds is 2.